The van der Waals surface area contributed by atoms with Crippen molar-refractivity contribution in [1.82, 2.24) is 15.3 Å². The van der Waals surface area contributed by atoms with Crippen LogP contribution in [-0.4, -0.2) is 36.1 Å². The second kappa shape index (κ2) is 9.58. The van der Waals surface area contributed by atoms with Crippen molar-refractivity contribution in [3.8, 4) is 5.75 Å². The van der Waals surface area contributed by atoms with Gasteiger partial charge in [-0.25, -0.2) is 15.0 Å². The van der Waals surface area contributed by atoms with Gasteiger partial charge in [-0.3, -0.25) is 5.32 Å². The van der Waals surface area contributed by atoms with E-state index in [-0.39, 0.29) is 5.96 Å². The number of hydrogen-bond donors (Lipinski definition) is 3. The van der Waals surface area contributed by atoms with Gasteiger partial charge in [-0.1, -0.05) is 12.1 Å². The molecule has 0 aliphatic heterocycles. The quantitative estimate of drug-likeness (QED) is 0.386. The molecule has 0 aliphatic carbocycles. The number of nitrogens with one attached hydrogen (secondary N) is 2. The van der Waals surface area contributed by atoms with Gasteiger partial charge in [0.15, 0.2) is 5.96 Å². The Kier molecular flexibility index (Phi) is 7.16. The summed E-state index contributed by atoms with van der Waals surface area (Å²) in [5.74, 6) is 1.61. The fourth-order valence-corrected chi connectivity index (χ4v) is 2.24. The Morgan fingerprint density at radius 1 is 1.16 bits per heavy atom. The number of nitrogens with zero attached hydrogens (tertiary/aromatic N) is 3. The molecule has 0 saturated heterocycles. The first-order chi connectivity index (χ1) is 12.1. The molecule has 7 nitrogen and oxygen atoms in total. The highest BCUT2D eigenvalue weighted by molar-refractivity contribution is 5.90. The van der Waals surface area contributed by atoms with E-state index in [4.69, 9.17) is 10.5 Å². The summed E-state index contributed by atoms with van der Waals surface area (Å²) in [7, 11) is 1.93. The molecule has 0 bridgehead atoms. The van der Waals surface area contributed by atoms with Crippen molar-refractivity contribution in [2.75, 3.05) is 25.5 Å². The van der Waals surface area contributed by atoms with Crippen LogP contribution in [-0.2, 0) is 6.54 Å². The molecule has 134 valence electrons. The highest BCUT2D eigenvalue weighted by Crippen LogP contribution is 2.13. The highest BCUT2D eigenvalue weighted by atomic mass is 16.5. The summed E-state index contributed by atoms with van der Waals surface area (Å²) in [5.41, 5.74) is 8.72. The monoisotopic (exact) mass is 342 g/mol. The van der Waals surface area contributed by atoms with Gasteiger partial charge in [0.05, 0.1) is 13.2 Å². The molecular formula is C18H26N6O. The lowest BCUT2D eigenvalue weighted by Crippen LogP contribution is -2.24. The molecule has 25 heavy (non-hydrogen) atoms. The number of hydrogen-bond acceptors (Lipinski definition) is 5. The van der Waals surface area contributed by atoms with Crippen molar-refractivity contribution >= 4 is 11.9 Å². The van der Waals surface area contributed by atoms with Crippen LogP contribution in [0.5, 0.6) is 5.75 Å². The van der Waals surface area contributed by atoms with Crippen LogP contribution < -0.4 is 21.1 Å². The SMILES string of the molecule is CNCCCOc1ccc(CN=C(N)Nc2nc(C)cc(C)n2)cc1. The van der Waals surface area contributed by atoms with E-state index in [0.717, 1.165) is 35.7 Å². The van der Waals surface area contributed by atoms with E-state index in [2.05, 4.69) is 25.6 Å². The molecule has 0 atom stereocenters. The van der Waals surface area contributed by atoms with E-state index in [1.165, 1.54) is 0 Å². The van der Waals surface area contributed by atoms with Crippen LogP contribution in [0.1, 0.15) is 23.4 Å². The topological polar surface area (TPSA) is 97.5 Å². The van der Waals surface area contributed by atoms with Gasteiger partial charge in [-0.15, -0.1) is 0 Å². The Balaban J connectivity index is 1.85. The maximum Gasteiger partial charge on any atom is 0.229 e. The lowest BCUT2D eigenvalue weighted by Gasteiger charge is -2.07. The molecule has 2 rings (SSSR count). The average molecular weight is 342 g/mol. The van der Waals surface area contributed by atoms with Crippen molar-refractivity contribution in [1.29, 1.82) is 0 Å². The second-order valence-corrected chi connectivity index (χ2v) is 5.75. The van der Waals surface area contributed by atoms with Gasteiger partial charge in [-0.05, 0) is 57.6 Å². The van der Waals surface area contributed by atoms with Gasteiger partial charge in [0.25, 0.3) is 0 Å². The minimum Gasteiger partial charge on any atom is -0.494 e. The molecule has 4 N–H and O–H groups in total. The van der Waals surface area contributed by atoms with Gasteiger partial charge >= 0.3 is 0 Å². The Labute approximate surface area is 148 Å². The maximum absolute atomic E-state index is 5.91. The molecule has 2 aromatic rings. The van der Waals surface area contributed by atoms with E-state index in [1.807, 2.05) is 51.2 Å². The number of rotatable bonds is 8. The summed E-state index contributed by atoms with van der Waals surface area (Å²) in [6.45, 7) is 5.95. The third-order valence-electron chi connectivity index (χ3n) is 3.42. The van der Waals surface area contributed by atoms with Crippen LogP contribution >= 0.6 is 0 Å². The smallest absolute Gasteiger partial charge is 0.229 e. The fourth-order valence-electron chi connectivity index (χ4n) is 2.24. The minimum absolute atomic E-state index is 0.289. The number of aromatic nitrogens is 2. The number of aliphatic imine (C=N–C) groups is 1. The predicted octanol–water partition coefficient (Wildman–Crippen LogP) is 2.01. The summed E-state index contributed by atoms with van der Waals surface area (Å²) in [6.07, 6.45) is 0.977. The van der Waals surface area contributed by atoms with Crippen LogP contribution in [0.2, 0.25) is 0 Å². The van der Waals surface area contributed by atoms with E-state index >= 15 is 0 Å². The molecule has 0 radical (unpaired) electrons. The molecule has 1 heterocycles. The van der Waals surface area contributed by atoms with Crippen molar-refractivity contribution in [2.24, 2.45) is 10.7 Å². The number of ether oxygens (including phenoxy) is 1. The van der Waals surface area contributed by atoms with Crippen molar-refractivity contribution in [3.05, 3.63) is 47.3 Å². The maximum atomic E-state index is 5.91. The fraction of sp³-hybridized carbons (Fsp3) is 0.389. The lowest BCUT2D eigenvalue weighted by atomic mass is 10.2. The van der Waals surface area contributed by atoms with Crippen LogP contribution in [0.25, 0.3) is 0 Å². The Hall–Kier alpha value is -2.67. The second-order valence-electron chi connectivity index (χ2n) is 5.75. The number of aryl methyl sites for hydroxylation is 2. The highest BCUT2D eigenvalue weighted by Gasteiger charge is 2.01. The van der Waals surface area contributed by atoms with Gasteiger partial charge in [0, 0.05) is 11.4 Å². The number of guanidine groups is 1. The standard InChI is InChI=1S/C18H26N6O/c1-13-11-14(2)23-18(22-13)24-17(19)21-12-15-5-7-16(8-6-15)25-10-4-9-20-3/h5-8,11,20H,4,9-10,12H2,1-3H3,(H3,19,21,22,23,24). The van der Waals surface area contributed by atoms with E-state index in [0.29, 0.717) is 19.1 Å². The van der Waals surface area contributed by atoms with Crippen molar-refractivity contribution in [3.63, 3.8) is 0 Å². The van der Waals surface area contributed by atoms with Crippen LogP contribution in [0.4, 0.5) is 5.95 Å². The Morgan fingerprint density at radius 3 is 2.48 bits per heavy atom. The molecular weight excluding hydrogens is 316 g/mol. The summed E-state index contributed by atoms with van der Waals surface area (Å²) in [4.78, 5) is 12.9. The van der Waals surface area contributed by atoms with Crippen LogP contribution in [0, 0.1) is 13.8 Å². The normalized spacial score (nSPS) is 11.4. The lowest BCUT2D eigenvalue weighted by molar-refractivity contribution is 0.310. The molecule has 0 saturated carbocycles. The largest absolute Gasteiger partial charge is 0.494 e. The Morgan fingerprint density at radius 2 is 1.84 bits per heavy atom. The average Bonchev–Trinajstić information content (AvgIpc) is 2.57. The molecule has 1 aromatic carbocycles. The van der Waals surface area contributed by atoms with Crippen molar-refractivity contribution in [2.45, 2.75) is 26.8 Å². The molecule has 0 unspecified atom stereocenters. The number of benzene rings is 1. The summed E-state index contributed by atoms with van der Waals surface area (Å²) >= 11 is 0. The minimum atomic E-state index is 0.289. The molecule has 0 aliphatic rings. The van der Waals surface area contributed by atoms with Crippen LogP contribution in [0.3, 0.4) is 0 Å². The van der Waals surface area contributed by atoms with Crippen LogP contribution in [0.15, 0.2) is 35.3 Å². The zero-order valence-electron chi connectivity index (χ0n) is 15.0. The van der Waals surface area contributed by atoms with Gasteiger partial charge < -0.3 is 15.8 Å². The molecule has 0 fully saturated rings. The molecule has 1 aromatic heterocycles. The van der Waals surface area contributed by atoms with E-state index < -0.39 is 0 Å². The van der Waals surface area contributed by atoms with Gasteiger partial charge in [0.1, 0.15) is 5.75 Å². The first kappa shape index (κ1) is 18.7. The first-order valence-corrected chi connectivity index (χ1v) is 8.32. The summed E-state index contributed by atoms with van der Waals surface area (Å²) < 4.78 is 5.66. The summed E-state index contributed by atoms with van der Waals surface area (Å²) in [5, 5.41) is 6.01. The predicted molar refractivity (Wildman–Crippen MR) is 101 cm³/mol. The summed E-state index contributed by atoms with van der Waals surface area (Å²) in [6, 6.07) is 9.76. The third-order valence-corrected chi connectivity index (χ3v) is 3.42. The third kappa shape index (κ3) is 6.76. The molecule has 0 amide bonds. The first-order valence-electron chi connectivity index (χ1n) is 8.32. The van der Waals surface area contributed by atoms with Crippen molar-refractivity contribution < 1.29 is 4.74 Å². The number of anilines is 1. The van der Waals surface area contributed by atoms with E-state index in [1.54, 1.807) is 0 Å². The van der Waals surface area contributed by atoms with Gasteiger partial charge in [0.2, 0.25) is 5.95 Å². The van der Waals surface area contributed by atoms with Gasteiger partial charge in [-0.2, -0.15) is 0 Å². The zero-order chi connectivity index (χ0) is 18.1. The van der Waals surface area contributed by atoms with E-state index in [9.17, 15) is 0 Å². The zero-order valence-corrected chi connectivity index (χ0v) is 15.0. The molecule has 7 heteroatoms. The molecule has 0 spiro atoms. The number of nitrogens with two attached hydrogens (primary N) is 1. The Bertz CT molecular complexity index is 679.